The van der Waals surface area contributed by atoms with Gasteiger partial charge in [-0.05, 0) is 28.1 Å². The van der Waals surface area contributed by atoms with Crippen LogP contribution in [0.1, 0.15) is 10.6 Å². The first-order valence-electron chi connectivity index (χ1n) is 5.96. The number of carbonyl (C=O) groups excluding carboxylic acids is 2. The molecule has 0 unspecified atom stereocenters. The molecule has 0 radical (unpaired) electrons. The third kappa shape index (κ3) is 5.96. The van der Waals surface area contributed by atoms with Crippen molar-refractivity contribution in [1.29, 1.82) is 0 Å². The molecular weight excluding hydrogens is 348 g/mol. The molecule has 1 heterocycles. The summed E-state index contributed by atoms with van der Waals surface area (Å²) in [5.41, 5.74) is 0. The summed E-state index contributed by atoms with van der Waals surface area (Å²) in [7, 11) is 1.44. The Bertz CT molecular complexity index is 516. The topological polar surface area (TPSA) is 109 Å². The van der Waals surface area contributed by atoms with Crippen molar-refractivity contribution in [3.05, 3.63) is 22.6 Å². The molecule has 8 nitrogen and oxygen atoms in total. The van der Waals surface area contributed by atoms with Gasteiger partial charge in [0.15, 0.2) is 10.4 Å². The van der Waals surface area contributed by atoms with E-state index < -0.39 is 24.3 Å². The van der Waals surface area contributed by atoms with Gasteiger partial charge >= 0.3 is 5.97 Å². The van der Waals surface area contributed by atoms with Crippen molar-refractivity contribution < 1.29 is 28.6 Å². The molecule has 0 saturated heterocycles. The van der Waals surface area contributed by atoms with Crippen LogP contribution in [0.4, 0.5) is 0 Å². The summed E-state index contributed by atoms with van der Waals surface area (Å²) >= 11 is 3.06. The molecule has 116 valence electrons. The summed E-state index contributed by atoms with van der Waals surface area (Å²) in [6.45, 7) is -0.444. The number of halogens is 1. The molecule has 0 aromatic carbocycles. The number of ether oxygens (including phenoxy) is 1. The van der Waals surface area contributed by atoms with Crippen molar-refractivity contribution in [2.24, 2.45) is 0 Å². The summed E-state index contributed by atoms with van der Waals surface area (Å²) in [4.78, 5) is 35.3. The van der Waals surface area contributed by atoms with E-state index in [1.165, 1.54) is 13.2 Å². The number of methoxy groups -OCH3 is 1. The van der Waals surface area contributed by atoms with E-state index in [-0.39, 0.29) is 25.5 Å². The molecule has 1 rings (SSSR count). The second kappa shape index (κ2) is 8.42. The number of carbonyl (C=O) groups is 3. The molecule has 0 saturated carbocycles. The first-order valence-corrected chi connectivity index (χ1v) is 6.75. The quantitative estimate of drug-likeness (QED) is 0.689. The normalized spacial score (nSPS) is 10.2. The Balaban J connectivity index is 2.52. The zero-order chi connectivity index (χ0) is 15.8. The Morgan fingerprint density at radius 3 is 2.67 bits per heavy atom. The molecule has 9 heteroatoms. The van der Waals surface area contributed by atoms with E-state index in [2.05, 4.69) is 21.2 Å². The van der Waals surface area contributed by atoms with Gasteiger partial charge < -0.3 is 24.5 Å². The fourth-order valence-corrected chi connectivity index (χ4v) is 1.75. The Kier molecular flexibility index (Phi) is 6.89. The molecule has 1 aromatic heterocycles. The van der Waals surface area contributed by atoms with Crippen LogP contribution < -0.4 is 5.32 Å². The zero-order valence-electron chi connectivity index (χ0n) is 11.3. The van der Waals surface area contributed by atoms with Crippen LogP contribution in [0.25, 0.3) is 0 Å². The fourth-order valence-electron chi connectivity index (χ4n) is 1.45. The van der Waals surface area contributed by atoms with E-state index in [4.69, 9.17) is 14.3 Å². The van der Waals surface area contributed by atoms with Crippen LogP contribution in [0.2, 0.25) is 0 Å². The first-order chi connectivity index (χ1) is 9.93. The third-order valence-corrected chi connectivity index (χ3v) is 2.87. The van der Waals surface area contributed by atoms with Crippen molar-refractivity contribution in [3.63, 3.8) is 0 Å². The number of nitrogens with one attached hydrogen (secondary N) is 1. The van der Waals surface area contributed by atoms with Gasteiger partial charge in [0.2, 0.25) is 5.91 Å². The van der Waals surface area contributed by atoms with Crippen LogP contribution in [-0.4, -0.2) is 61.1 Å². The van der Waals surface area contributed by atoms with E-state index in [0.29, 0.717) is 4.67 Å². The summed E-state index contributed by atoms with van der Waals surface area (Å²) < 4.78 is 10.2. The SMILES string of the molecule is COCCN(CC(=O)O)C(=O)CNC(=O)c1ccc(Br)o1. The van der Waals surface area contributed by atoms with E-state index >= 15 is 0 Å². The van der Waals surface area contributed by atoms with Crippen LogP contribution >= 0.6 is 15.9 Å². The number of hydrogen-bond acceptors (Lipinski definition) is 5. The molecule has 0 aliphatic rings. The van der Waals surface area contributed by atoms with Gasteiger partial charge in [-0.15, -0.1) is 0 Å². The second-order valence-electron chi connectivity index (χ2n) is 3.99. The predicted molar refractivity (Wildman–Crippen MR) is 74.8 cm³/mol. The van der Waals surface area contributed by atoms with E-state index in [1.807, 2.05) is 0 Å². The van der Waals surface area contributed by atoms with Gasteiger partial charge in [0.05, 0.1) is 13.2 Å². The lowest BCUT2D eigenvalue weighted by atomic mass is 10.4. The summed E-state index contributed by atoms with van der Waals surface area (Å²) in [5, 5.41) is 11.1. The average Bonchev–Trinajstić information content (AvgIpc) is 2.86. The standard InChI is InChI=1S/C12H15BrN2O6/c1-20-5-4-15(7-11(17)18)10(16)6-14-12(19)8-2-3-9(13)21-8/h2-3H,4-7H2,1H3,(H,14,19)(H,17,18). The monoisotopic (exact) mass is 362 g/mol. The van der Waals surface area contributed by atoms with Crippen LogP contribution in [0, 0.1) is 0 Å². The Morgan fingerprint density at radius 1 is 1.43 bits per heavy atom. The Hall–Kier alpha value is -1.87. The maximum Gasteiger partial charge on any atom is 0.323 e. The minimum absolute atomic E-state index is 0.0522. The Morgan fingerprint density at radius 2 is 2.14 bits per heavy atom. The highest BCUT2D eigenvalue weighted by atomic mass is 79.9. The van der Waals surface area contributed by atoms with Gasteiger partial charge in [-0.1, -0.05) is 0 Å². The largest absolute Gasteiger partial charge is 0.480 e. The summed E-state index contributed by atoms with van der Waals surface area (Å²) in [5.74, 6) is -2.17. The fraction of sp³-hybridized carbons (Fsp3) is 0.417. The Labute approximate surface area is 129 Å². The molecule has 0 aliphatic carbocycles. The van der Waals surface area contributed by atoms with Crippen molar-refractivity contribution in [2.45, 2.75) is 0 Å². The number of nitrogens with zero attached hydrogens (tertiary/aromatic N) is 1. The maximum absolute atomic E-state index is 11.9. The van der Waals surface area contributed by atoms with Gasteiger partial charge in [-0.3, -0.25) is 14.4 Å². The third-order valence-electron chi connectivity index (χ3n) is 2.44. The number of carboxylic acids is 1. The van der Waals surface area contributed by atoms with Crippen molar-refractivity contribution >= 4 is 33.7 Å². The number of hydrogen-bond donors (Lipinski definition) is 2. The van der Waals surface area contributed by atoms with Crippen molar-refractivity contribution in [1.82, 2.24) is 10.2 Å². The average molecular weight is 363 g/mol. The van der Waals surface area contributed by atoms with E-state index in [1.54, 1.807) is 6.07 Å². The number of rotatable bonds is 8. The van der Waals surface area contributed by atoms with E-state index in [9.17, 15) is 14.4 Å². The minimum atomic E-state index is -1.14. The number of amides is 2. The molecular formula is C12H15BrN2O6. The first kappa shape index (κ1) is 17.2. The molecule has 0 spiro atoms. The highest BCUT2D eigenvalue weighted by molar-refractivity contribution is 9.10. The van der Waals surface area contributed by atoms with Crippen molar-refractivity contribution in [2.75, 3.05) is 33.4 Å². The van der Waals surface area contributed by atoms with Gasteiger partial charge in [0.1, 0.15) is 6.54 Å². The molecule has 0 atom stereocenters. The van der Waals surface area contributed by atoms with Crippen LogP contribution in [0.3, 0.4) is 0 Å². The van der Waals surface area contributed by atoms with Gasteiger partial charge in [0.25, 0.3) is 5.91 Å². The van der Waals surface area contributed by atoms with Crippen LogP contribution in [0.15, 0.2) is 21.2 Å². The van der Waals surface area contributed by atoms with Crippen LogP contribution in [-0.2, 0) is 14.3 Å². The van der Waals surface area contributed by atoms with E-state index in [0.717, 1.165) is 4.90 Å². The summed E-state index contributed by atoms with van der Waals surface area (Å²) in [6.07, 6.45) is 0. The van der Waals surface area contributed by atoms with Crippen molar-refractivity contribution in [3.8, 4) is 0 Å². The van der Waals surface area contributed by atoms with Gasteiger partial charge in [-0.2, -0.15) is 0 Å². The second-order valence-corrected chi connectivity index (χ2v) is 4.77. The number of carboxylic acid groups (broad SMARTS) is 1. The van der Waals surface area contributed by atoms with Crippen LogP contribution in [0.5, 0.6) is 0 Å². The molecule has 2 amide bonds. The number of aliphatic carboxylic acids is 1. The smallest absolute Gasteiger partial charge is 0.323 e. The maximum atomic E-state index is 11.9. The van der Waals surface area contributed by atoms with Gasteiger partial charge in [-0.25, -0.2) is 0 Å². The minimum Gasteiger partial charge on any atom is -0.480 e. The zero-order valence-corrected chi connectivity index (χ0v) is 12.9. The molecule has 1 aromatic rings. The molecule has 0 bridgehead atoms. The molecule has 0 aliphatic heterocycles. The molecule has 2 N–H and O–H groups in total. The highest BCUT2D eigenvalue weighted by Gasteiger charge is 2.18. The number of furan rings is 1. The lowest BCUT2D eigenvalue weighted by molar-refractivity contribution is -0.144. The highest BCUT2D eigenvalue weighted by Crippen LogP contribution is 2.13. The van der Waals surface area contributed by atoms with Gasteiger partial charge in [0, 0.05) is 13.7 Å². The lowest BCUT2D eigenvalue weighted by Gasteiger charge is -2.20. The summed E-state index contributed by atoms with van der Waals surface area (Å²) in [6, 6.07) is 3.00. The lowest BCUT2D eigenvalue weighted by Crippen LogP contribution is -2.43. The predicted octanol–water partition coefficient (Wildman–Crippen LogP) is 0.331. The molecule has 0 fully saturated rings. The molecule has 21 heavy (non-hydrogen) atoms.